The van der Waals surface area contributed by atoms with Crippen molar-refractivity contribution in [3.8, 4) is 0 Å². The number of imide groups is 1. The van der Waals surface area contributed by atoms with Crippen LogP contribution >= 0.6 is 0 Å². The first kappa shape index (κ1) is 42.2. The third-order valence-corrected chi connectivity index (χ3v) is 9.72. The maximum absolute atomic E-state index is 13.0. The summed E-state index contributed by atoms with van der Waals surface area (Å²) in [5, 5.41) is 0. The van der Waals surface area contributed by atoms with Gasteiger partial charge in [-0.05, 0) is 50.7 Å². The molecule has 5 nitrogen and oxygen atoms in total. The summed E-state index contributed by atoms with van der Waals surface area (Å²) in [5.74, 6) is -0.440. The second kappa shape index (κ2) is 29.9. The topological polar surface area (TPSA) is 55.8 Å². The number of ether oxygens (including phenoxy) is 2. The van der Waals surface area contributed by atoms with E-state index in [1.165, 1.54) is 153 Å². The van der Waals surface area contributed by atoms with Crippen molar-refractivity contribution in [3.05, 3.63) is 47.5 Å². The van der Waals surface area contributed by atoms with Gasteiger partial charge in [0.05, 0.1) is 30.4 Å². The Hall–Kier alpha value is -1.98. The van der Waals surface area contributed by atoms with Gasteiger partial charge in [-0.2, -0.15) is 0 Å². The van der Waals surface area contributed by atoms with Gasteiger partial charge in [-0.3, -0.25) is 14.5 Å². The molecule has 0 aromatic heterocycles. The lowest BCUT2D eigenvalue weighted by molar-refractivity contribution is -0.0286. The van der Waals surface area contributed by atoms with E-state index in [0.29, 0.717) is 30.9 Å². The zero-order valence-corrected chi connectivity index (χ0v) is 31.3. The van der Waals surface area contributed by atoms with E-state index in [1.54, 1.807) is 12.1 Å². The van der Waals surface area contributed by atoms with Gasteiger partial charge in [0.2, 0.25) is 0 Å². The van der Waals surface area contributed by atoms with Crippen molar-refractivity contribution < 1.29 is 19.1 Å². The third-order valence-electron chi connectivity index (χ3n) is 9.72. The molecule has 1 heterocycles. The molecule has 1 atom stereocenters. The molecule has 0 fully saturated rings. The second-order valence-corrected chi connectivity index (χ2v) is 14.2. The van der Waals surface area contributed by atoms with E-state index in [-0.39, 0.29) is 24.5 Å². The maximum Gasteiger partial charge on any atom is 0.261 e. The van der Waals surface area contributed by atoms with Crippen molar-refractivity contribution in [3.63, 3.8) is 0 Å². The number of hydrogen-bond acceptors (Lipinski definition) is 4. The van der Waals surface area contributed by atoms with Crippen LogP contribution in [-0.4, -0.2) is 49.2 Å². The molecule has 0 bridgehead atoms. The van der Waals surface area contributed by atoms with Gasteiger partial charge in [0.25, 0.3) is 11.8 Å². The maximum atomic E-state index is 13.0. The minimum Gasteiger partial charge on any atom is -0.379 e. The molecular formula is C43H73NO4. The first-order valence-electron chi connectivity index (χ1n) is 20.5. The van der Waals surface area contributed by atoms with Crippen LogP contribution in [0.1, 0.15) is 202 Å². The van der Waals surface area contributed by atoms with Gasteiger partial charge in [-0.1, -0.05) is 167 Å². The van der Waals surface area contributed by atoms with Crippen molar-refractivity contribution >= 4 is 11.8 Å². The molecular weight excluding hydrogens is 594 g/mol. The average Bonchev–Trinajstić information content (AvgIpc) is 3.34. The smallest absolute Gasteiger partial charge is 0.261 e. The van der Waals surface area contributed by atoms with Crippen molar-refractivity contribution in [2.75, 3.05) is 26.4 Å². The molecule has 1 aliphatic heterocycles. The van der Waals surface area contributed by atoms with Gasteiger partial charge in [0, 0.05) is 13.2 Å². The van der Waals surface area contributed by atoms with E-state index < -0.39 is 0 Å². The zero-order chi connectivity index (χ0) is 34.3. The normalized spacial score (nSPS) is 13.7. The summed E-state index contributed by atoms with van der Waals surface area (Å²) in [7, 11) is 0. The first-order valence-corrected chi connectivity index (χ1v) is 20.5. The van der Waals surface area contributed by atoms with E-state index in [2.05, 4.69) is 26.0 Å². The van der Waals surface area contributed by atoms with Crippen LogP contribution < -0.4 is 0 Å². The van der Waals surface area contributed by atoms with Crippen LogP contribution in [0, 0.1) is 0 Å². The fourth-order valence-corrected chi connectivity index (χ4v) is 6.62. The number of unbranched alkanes of at least 4 members (excludes halogenated alkanes) is 23. The summed E-state index contributed by atoms with van der Waals surface area (Å²) in [4.78, 5) is 27.3. The third kappa shape index (κ3) is 19.9. The molecule has 1 unspecified atom stereocenters. The van der Waals surface area contributed by atoms with Crippen LogP contribution in [0.5, 0.6) is 0 Å². The van der Waals surface area contributed by atoms with Crippen LogP contribution in [0.25, 0.3) is 0 Å². The highest BCUT2D eigenvalue weighted by Crippen LogP contribution is 2.23. The predicted octanol–water partition coefficient (Wildman–Crippen LogP) is 12.4. The highest BCUT2D eigenvalue weighted by molar-refractivity contribution is 6.21. The van der Waals surface area contributed by atoms with Crippen molar-refractivity contribution in [1.82, 2.24) is 4.90 Å². The molecule has 0 spiro atoms. The fourth-order valence-electron chi connectivity index (χ4n) is 6.62. The van der Waals surface area contributed by atoms with Gasteiger partial charge in [-0.15, -0.1) is 0 Å². The largest absolute Gasteiger partial charge is 0.379 e. The lowest BCUT2D eigenvalue weighted by atomic mass is 10.1. The molecule has 0 radical (unpaired) electrons. The van der Waals surface area contributed by atoms with Gasteiger partial charge in [0.1, 0.15) is 0 Å². The van der Waals surface area contributed by atoms with Crippen molar-refractivity contribution in [2.24, 2.45) is 0 Å². The van der Waals surface area contributed by atoms with Gasteiger partial charge in [-0.25, -0.2) is 0 Å². The Morgan fingerprint density at radius 2 is 0.938 bits per heavy atom. The number of allylic oxidation sites excluding steroid dienone is 2. The van der Waals surface area contributed by atoms with E-state index >= 15 is 0 Å². The molecule has 48 heavy (non-hydrogen) atoms. The molecule has 1 aliphatic rings. The molecule has 1 aromatic rings. The van der Waals surface area contributed by atoms with E-state index in [4.69, 9.17) is 9.47 Å². The van der Waals surface area contributed by atoms with E-state index in [9.17, 15) is 9.59 Å². The summed E-state index contributed by atoms with van der Waals surface area (Å²) >= 11 is 0. The molecule has 0 saturated carbocycles. The summed E-state index contributed by atoms with van der Waals surface area (Å²) in [5.41, 5.74) is 0.985. The zero-order valence-electron chi connectivity index (χ0n) is 31.3. The highest BCUT2D eigenvalue weighted by atomic mass is 16.5. The molecule has 1 aromatic carbocycles. The number of benzene rings is 1. The molecule has 2 amide bonds. The quantitative estimate of drug-likeness (QED) is 0.0417. The highest BCUT2D eigenvalue weighted by Gasteiger charge is 2.36. The minimum absolute atomic E-state index is 0.220. The lowest BCUT2D eigenvalue weighted by Gasteiger charge is -2.23. The Kier molecular flexibility index (Phi) is 26.3. The van der Waals surface area contributed by atoms with Crippen LogP contribution in [-0.2, 0) is 9.47 Å². The van der Waals surface area contributed by atoms with Crippen LogP contribution in [0.4, 0.5) is 0 Å². The Labute approximate surface area is 296 Å². The van der Waals surface area contributed by atoms with Crippen molar-refractivity contribution in [1.29, 1.82) is 0 Å². The van der Waals surface area contributed by atoms with Crippen LogP contribution in [0.15, 0.2) is 36.4 Å². The Balaban J connectivity index is 1.57. The summed E-state index contributed by atoms with van der Waals surface area (Å²) < 4.78 is 12.3. The summed E-state index contributed by atoms with van der Waals surface area (Å²) in [6.07, 6.45) is 38.2. The molecule has 0 aliphatic carbocycles. The van der Waals surface area contributed by atoms with Crippen LogP contribution in [0.3, 0.4) is 0 Å². The number of nitrogens with zero attached hydrogens (tertiary/aromatic N) is 1. The average molecular weight is 668 g/mol. The molecule has 2 rings (SSSR count). The number of amides is 2. The Morgan fingerprint density at radius 1 is 0.542 bits per heavy atom. The van der Waals surface area contributed by atoms with E-state index in [1.807, 2.05) is 12.1 Å². The Morgan fingerprint density at radius 3 is 1.40 bits per heavy atom. The summed E-state index contributed by atoms with van der Waals surface area (Å²) in [6.45, 7) is 6.55. The van der Waals surface area contributed by atoms with Crippen molar-refractivity contribution in [2.45, 2.75) is 187 Å². The first-order chi connectivity index (χ1) is 23.7. The van der Waals surface area contributed by atoms with Gasteiger partial charge < -0.3 is 9.47 Å². The Bertz CT molecular complexity index is 925. The minimum atomic E-state index is -0.298. The standard InChI is InChI=1S/C43H73NO4/c1-3-5-7-9-11-13-15-17-18-19-20-22-24-26-28-32-36-48-39(37-44-42(45)40-33-29-30-34-41(40)43(44)46)38-47-35-31-27-25-23-21-16-14-12-10-8-6-4-2/h17-18,29-30,33-34,39H,3-16,19-28,31-32,35-38H2,1-2H3/b18-17-. The lowest BCUT2D eigenvalue weighted by Crippen LogP contribution is -2.40. The molecule has 274 valence electrons. The summed E-state index contributed by atoms with van der Waals surface area (Å²) in [6, 6.07) is 7.10. The number of carbonyl (C=O) groups is 2. The van der Waals surface area contributed by atoms with Gasteiger partial charge in [0.15, 0.2) is 0 Å². The molecule has 0 saturated heterocycles. The number of carbonyl (C=O) groups excluding carboxylic acids is 2. The monoisotopic (exact) mass is 668 g/mol. The number of hydrogen-bond donors (Lipinski definition) is 0. The van der Waals surface area contributed by atoms with Crippen LogP contribution in [0.2, 0.25) is 0 Å². The van der Waals surface area contributed by atoms with Gasteiger partial charge >= 0.3 is 0 Å². The number of rotatable bonds is 34. The molecule has 0 N–H and O–H groups in total. The van der Waals surface area contributed by atoms with E-state index in [0.717, 1.165) is 19.3 Å². The number of fused-ring (bicyclic) bond motifs is 1. The fraction of sp³-hybridized carbons (Fsp3) is 0.767. The second-order valence-electron chi connectivity index (χ2n) is 14.2. The molecule has 5 heteroatoms. The predicted molar refractivity (Wildman–Crippen MR) is 203 cm³/mol. The SMILES string of the molecule is CCCCCCCC/C=C\CCCCCCCCOC(COCCCCCCCCCCCCCC)CN1C(=O)c2ccccc2C1=O.